The van der Waals surface area contributed by atoms with Gasteiger partial charge >= 0.3 is 0 Å². The van der Waals surface area contributed by atoms with Crippen molar-refractivity contribution in [2.45, 2.75) is 57.9 Å². The third-order valence-corrected chi connectivity index (χ3v) is 3.47. The molecule has 0 bridgehead atoms. The Morgan fingerprint density at radius 1 is 1.35 bits per heavy atom. The van der Waals surface area contributed by atoms with Crippen molar-refractivity contribution >= 4 is 0 Å². The third kappa shape index (κ3) is 2.94. The van der Waals surface area contributed by atoms with Crippen molar-refractivity contribution in [1.29, 1.82) is 0 Å². The summed E-state index contributed by atoms with van der Waals surface area (Å²) >= 11 is 0. The molecule has 0 aromatic carbocycles. The van der Waals surface area contributed by atoms with E-state index in [4.69, 9.17) is 5.73 Å². The first-order valence-electron chi connectivity index (χ1n) is 6.57. The van der Waals surface area contributed by atoms with Crippen molar-refractivity contribution in [3.63, 3.8) is 0 Å². The largest absolute Gasteiger partial charge is 0.327 e. The van der Waals surface area contributed by atoms with Gasteiger partial charge in [0.25, 0.3) is 5.56 Å². The highest BCUT2D eigenvalue weighted by atomic mass is 16.1. The maximum absolute atomic E-state index is 12.0. The SMILES string of the molecule is CCC(N)Cc1nc2c(c(=O)[nH]1)CCCCC2. The normalized spacial score (nSPS) is 17.3. The zero-order valence-corrected chi connectivity index (χ0v) is 10.5. The molecule has 0 saturated heterocycles. The number of aromatic amines is 1. The molecule has 0 spiro atoms. The van der Waals surface area contributed by atoms with Crippen LogP contribution in [0.15, 0.2) is 4.79 Å². The van der Waals surface area contributed by atoms with E-state index in [1.54, 1.807) is 0 Å². The molecule has 0 fully saturated rings. The van der Waals surface area contributed by atoms with Gasteiger partial charge in [-0.3, -0.25) is 4.79 Å². The summed E-state index contributed by atoms with van der Waals surface area (Å²) in [7, 11) is 0. The fraction of sp³-hybridized carbons (Fsp3) is 0.692. The van der Waals surface area contributed by atoms with E-state index >= 15 is 0 Å². The Kier molecular flexibility index (Phi) is 3.94. The summed E-state index contributed by atoms with van der Waals surface area (Å²) in [6.07, 6.45) is 6.82. The number of rotatable bonds is 3. The lowest BCUT2D eigenvalue weighted by Crippen LogP contribution is -2.26. The number of hydrogen-bond donors (Lipinski definition) is 2. The van der Waals surface area contributed by atoms with Gasteiger partial charge in [-0.15, -0.1) is 0 Å². The average Bonchev–Trinajstić information content (AvgIpc) is 2.54. The number of H-pyrrole nitrogens is 1. The molecule has 1 heterocycles. The van der Waals surface area contributed by atoms with E-state index in [1.807, 2.05) is 6.92 Å². The van der Waals surface area contributed by atoms with Gasteiger partial charge in [-0.05, 0) is 32.1 Å². The maximum atomic E-state index is 12.0. The highest BCUT2D eigenvalue weighted by Crippen LogP contribution is 2.15. The van der Waals surface area contributed by atoms with Crippen LogP contribution in [-0.4, -0.2) is 16.0 Å². The lowest BCUT2D eigenvalue weighted by atomic mass is 10.1. The van der Waals surface area contributed by atoms with Crippen molar-refractivity contribution in [2.75, 3.05) is 0 Å². The number of fused-ring (bicyclic) bond motifs is 1. The molecule has 3 N–H and O–H groups in total. The monoisotopic (exact) mass is 235 g/mol. The highest BCUT2D eigenvalue weighted by Gasteiger charge is 2.15. The second kappa shape index (κ2) is 5.45. The van der Waals surface area contributed by atoms with Crippen LogP contribution in [-0.2, 0) is 19.3 Å². The molecule has 1 aliphatic carbocycles. The van der Waals surface area contributed by atoms with Gasteiger partial charge in [-0.1, -0.05) is 13.3 Å². The minimum absolute atomic E-state index is 0.0511. The number of hydrogen-bond acceptors (Lipinski definition) is 3. The van der Waals surface area contributed by atoms with E-state index < -0.39 is 0 Å². The Morgan fingerprint density at radius 2 is 2.12 bits per heavy atom. The summed E-state index contributed by atoms with van der Waals surface area (Å²) in [4.78, 5) is 19.4. The predicted octanol–water partition coefficient (Wildman–Crippen LogP) is 1.32. The standard InChI is InChI=1S/C13H21N3O/c1-2-9(14)8-12-15-11-7-5-3-4-6-10(11)13(17)16-12/h9H,2-8,14H2,1H3,(H,15,16,17). The van der Waals surface area contributed by atoms with Crippen LogP contribution < -0.4 is 11.3 Å². The van der Waals surface area contributed by atoms with Crippen molar-refractivity contribution < 1.29 is 0 Å². The molecule has 1 aromatic heterocycles. The first kappa shape index (κ1) is 12.3. The van der Waals surface area contributed by atoms with Gasteiger partial charge in [0, 0.05) is 18.0 Å². The number of aryl methyl sites for hydroxylation is 1. The molecular weight excluding hydrogens is 214 g/mol. The van der Waals surface area contributed by atoms with Crippen molar-refractivity contribution in [1.82, 2.24) is 9.97 Å². The van der Waals surface area contributed by atoms with Gasteiger partial charge in [0.1, 0.15) is 5.82 Å². The van der Waals surface area contributed by atoms with Crippen LogP contribution in [0.25, 0.3) is 0 Å². The molecule has 0 radical (unpaired) electrons. The first-order chi connectivity index (χ1) is 8.20. The number of nitrogens with one attached hydrogen (secondary N) is 1. The Hall–Kier alpha value is -1.16. The second-order valence-corrected chi connectivity index (χ2v) is 4.87. The summed E-state index contributed by atoms with van der Waals surface area (Å²) in [5.74, 6) is 0.755. The Labute approximate surface area is 102 Å². The van der Waals surface area contributed by atoms with Gasteiger partial charge in [0.2, 0.25) is 0 Å². The van der Waals surface area contributed by atoms with Crippen LogP contribution in [0.5, 0.6) is 0 Å². The molecule has 94 valence electrons. The molecule has 1 aromatic rings. The van der Waals surface area contributed by atoms with E-state index in [0.717, 1.165) is 49.2 Å². The van der Waals surface area contributed by atoms with Crippen LogP contribution >= 0.6 is 0 Å². The lowest BCUT2D eigenvalue weighted by molar-refractivity contribution is 0.618. The van der Waals surface area contributed by atoms with E-state index in [-0.39, 0.29) is 11.6 Å². The molecular formula is C13H21N3O. The van der Waals surface area contributed by atoms with Crippen molar-refractivity contribution in [3.8, 4) is 0 Å². The van der Waals surface area contributed by atoms with E-state index in [9.17, 15) is 4.79 Å². The van der Waals surface area contributed by atoms with Crippen LogP contribution in [0.4, 0.5) is 0 Å². The number of nitrogens with zero attached hydrogens (tertiary/aromatic N) is 1. The molecule has 4 heteroatoms. The molecule has 0 amide bonds. The zero-order chi connectivity index (χ0) is 12.3. The Morgan fingerprint density at radius 3 is 2.88 bits per heavy atom. The predicted molar refractivity (Wildman–Crippen MR) is 68.1 cm³/mol. The molecule has 1 atom stereocenters. The van der Waals surface area contributed by atoms with Crippen molar-refractivity contribution in [3.05, 3.63) is 27.4 Å². The van der Waals surface area contributed by atoms with E-state index in [2.05, 4.69) is 9.97 Å². The van der Waals surface area contributed by atoms with Gasteiger partial charge in [-0.25, -0.2) is 4.98 Å². The van der Waals surface area contributed by atoms with E-state index in [1.165, 1.54) is 6.42 Å². The first-order valence-corrected chi connectivity index (χ1v) is 6.57. The van der Waals surface area contributed by atoms with Crippen LogP contribution in [0, 0.1) is 0 Å². The van der Waals surface area contributed by atoms with E-state index in [0.29, 0.717) is 6.42 Å². The fourth-order valence-electron chi connectivity index (χ4n) is 2.32. The summed E-state index contributed by atoms with van der Waals surface area (Å²) in [6, 6.07) is 0.0852. The van der Waals surface area contributed by atoms with Crippen LogP contribution in [0.3, 0.4) is 0 Å². The lowest BCUT2D eigenvalue weighted by Gasteiger charge is -2.10. The zero-order valence-electron chi connectivity index (χ0n) is 10.5. The summed E-state index contributed by atoms with van der Waals surface area (Å²) in [5, 5.41) is 0. The minimum atomic E-state index is 0.0511. The summed E-state index contributed by atoms with van der Waals surface area (Å²) in [5.41, 5.74) is 7.85. The van der Waals surface area contributed by atoms with Gasteiger partial charge in [-0.2, -0.15) is 0 Å². The van der Waals surface area contributed by atoms with Gasteiger partial charge < -0.3 is 10.7 Å². The molecule has 17 heavy (non-hydrogen) atoms. The van der Waals surface area contributed by atoms with Crippen LogP contribution in [0.1, 0.15) is 49.7 Å². The smallest absolute Gasteiger partial charge is 0.254 e. The third-order valence-electron chi connectivity index (χ3n) is 3.47. The quantitative estimate of drug-likeness (QED) is 0.776. The average molecular weight is 235 g/mol. The number of aromatic nitrogens is 2. The topological polar surface area (TPSA) is 71.8 Å². The summed E-state index contributed by atoms with van der Waals surface area (Å²) in [6.45, 7) is 2.05. The van der Waals surface area contributed by atoms with Crippen molar-refractivity contribution in [2.24, 2.45) is 5.73 Å². The Bertz CT molecular complexity index is 439. The molecule has 4 nitrogen and oxygen atoms in total. The van der Waals surface area contributed by atoms with Crippen LogP contribution in [0.2, 0.25) is 0 Å². The highest BCUT2D eigenvalue weighted by molar-refractivity contribution is 5.19. The molecule has 0 saturated carbocycles. The molecule has 2 rings (SSSR count). The van der Waals surface area contributed by atoms with Gasteiger partial charge in [0.05, 0.1) is 5.69 Å². The molecule has 1 unspecified atom stereocenters. The minimum Gasteiger partial charge on any atom is -0.327 e. The summed E-state index contributed by atoms with van der Waals surface area (Å²) < 4.78 is 0. The second-order valence-electron chi connectivity index (χ2n) is 4.87. The van der Waals surface area contributed by atoms with Gasteiger partial charge in [0.15, 0.2) is 0 Å². The molecule has 1 aliphatic rings. The fourth-order valence-corrected chi connectivity index (χ4v) is 2.32. The number of nitrogens with two attached hydrogens (primary N) is 1. The maximum Gasteiger partial charge on any atom is 0.254 e. The Balaban J connectivity index is 2.29. The molecule has 0 aliphatic heterocycles.